The van der Waals surface area contributed by atoms with E-state index in [2.05, 4.69) is 14.7 Å². The highest BCUT2D eigenvalue weighted by molar-refractivity contribution is 7.89. The van der Waals surface area contributed by atoms with Crippen molar-refractivity contribution < 1.29 is 26.3 Å². The quantitative estimate of drug-likeness (QED) is 0.699. The third-order valence-corrected chi connectivity index (χ3v) is 6.44. The fourth-order valence-electron chi connectivity index (χ4n) is 3.05. The van der Waals surface area contributed by atoms with E-state index in [1.165, 1.54) is 12.1 Å². The SMILES string of the molecule is Cc1cc(N(C)C)nc(N2CCN(S(=O)(=O)c3ccccc3OC(F)(F)F)CC2)n1. The Balaban J connectivity index is 1.78. The number of hydrogen-bond acceptors (Lipinski definition) is 7. The van der Waals surface area contributed by atoms with Crippen LogP contribution in [0.3, 0.4) is 0 Å². The van der Waals surface area contributed by atoms with Crippen molar-refractivity contribution in [3.05, 3.63) is 36.0 Å². The van der Waals surface area contributed by atoms with Gasteiger partial charge in [-0.3, -0.25) is 0 Å². The van der Waals surface area contributed by atoms with Gasteiger partial charge in [0.05, 0.1) is 0 Å². The number of alkyl halides is 3. The average molecular weight is 445 g/mol. The van der Waals surface area contributed by atoms with E-state index in [1.807, 2.05) is 36.9 Å². The second-order valence-corrected chi connectivity index (χ2v) is 8.85. The van der Waals surface area contributed by atoms with Crippen LogP contribution < -0.4 is 14.5 Å². The molecule has 2 heterocycles. The molecule has 30 heavy (non-hydrogen) atoms. The molecule has 1 saturated heterocycles. The second-order valence-electron chi connectivity index (χ2n) is 6.95. The lowest BCUT2D eigenvalue weighted by molar-refractivity contribution is -0.275. The first kappa shape index (κ1) is 22.1. The molecule has 0 saturated carbocycles. The molecular weight excluding hydrogens is 423 g/mol. The molecule has 0 N–H and O–H groups in total. The molecule has 0 aliphatic carbocycles. The third kappa shape index (κ3) is 4.93. The highest BCUT2D eigenvalue weighted by Crippen LogP contribution is 2.31. The van der Waals surface area contributed by atoms with Crippen LogP contribution in [0.15, 0.2) is 35.2 Å². The van der Waals surface area contributed by atoms with Gasteiger partial charge in [0.15, 0.2) is 0 Å². The number of benzene rings is 1. The summed E-state index contributed by atoms with van der Waals surface area (Å²) in [5.41, 5.74) is 0.775. The molecule has 0 radical (unpaired) electrons. The standard InChI is InChI=1S/C18H22F3N5O3S/c1-13-12-16(24(2)3)23-17(22-13)25-8-10-26(11-9-25)30(27,28)15-7-5-4-6-14(15)29-18(19,20)21/h4-7,12H,8-11H2,1-3H3. The van der Waals surface area contributed by atoms with Crippen molar-refractivity contribution in [2.45, 2.75) is 18.2 Å². The van der Waals surface area contributed by atoms with E-state index in [-0.39, 0.29) is 13.1 Å². The van der Waals surface area contributed by atoms with Gasteiger partial charge < -0.3 is 14.5 Å². The van der Waals surface area contributed by atoms with Gasteiger partial charge >= 0.3 is 6.36 Å². The molecule has 1 aliphatic rings. The number of nitrogens with zero attached hydrogens (tertiary/aromatic N) is 5. The number of para-hydroxylation sites is 1. The van der Waals surface area contributed by atoms with Crippen molar-refractivity contribution in [2.24, 2.45) is 0 Å². The number of piperazine rings is 1. The van der Waals surface area contributed by atoms with Gasteiger partial charge in [-0.25, -0.2) is 13.4 Å². The Kier molecular flexibility index (Phi) is 6.09. The summed E-state index contributed by atoms with van der Waals surface area (Å²) in [4.78, 5) is 12.1. The Hall–Kier alpha value is -2.60. The molecule has 1 fully saturated rings. The van der Waals surface area contributed by atoms with Gasteiger partial charge in [-0.2, -0.15) is 9.29 Å². The summed E-state index contributed by atoms with van der Waals surface area (Å²) in [6.45, 7) is 2.61. The fourth-order valence-corrected chi connectivity index (χ4v) is 4.58. The van der Waals surface area contributed by atoms with Crippen molar-refractivity contribution in [1.82, 2.24) is 14.3 Å². The maximum atomic E-state index is 13.0. The Morgan fingerprint density at radius 2 is 1.70 bits per heavy atom. The topological polar surface area (TPSA) is 78.9 Å². The summed E-state index contributed by atoms with van der Waals surface area (Å²) in [6, 6.07) is 6.57. The summed E-state index contributed by atoms with van der Waals surface area (Å²) in [7, 11) is -0.452. The van der Waals surface area contributed by atoms with Crippen LogP contribution in [0.2, 0.25) is 0 Å². The van der Waals surface area contributed by atoms with Crippen LogP contribution in [-0.2, 0) is 10.0 Å². The molecule has 1 aromatic heterocycles. The second kappa shape index (κ2) is 8.26. The summed E-state index contributed by atoms with van der Waals surface area (Å²) in [6.07, 6.45) is -4.99. The lowest BCUT2D eigenvalue weighted by Crippen LogP contribution is -2.49. The molecule has 0 spiro atoms. The Morgan fingerprint density at radius 1 is 1.07 bits per heavy atom. The number of hydrogen-bond donors (Lipinski definition) is 0. The molecule has 0 amide bonds. The molecule has 1 aliphatic heterocycles. The van der Waals surface area contributed by atoms with E-state index in [0.717, 1.165) is 27.9 Å². The molecule has 2 aromatic rings. The average Bonchev–Trinajstić information content (AvgIpc) is 2.66. The van der Waals surface area contributed by atoms with Gasteiger partial charge in [-0.1, -0.05) is 12.1 Å². The van der Waals surface area contributed by atoms with Crippen LogP contribution in [0.1, 0.15) is 5.69 Å². The van der Waals surface area contributed by atoms with Gasteiger partial charge in [0.25, 0.3) is 0 Å². The van der Waals surface area contributed by atoms with Crippen molar-refractivity contribution in [2.75, 3.05) is 50.1 Å². The number of sulfonamides is 1. The summed E-state index contributed by atoms with van der Waals surface area (Å²) in [5, 5.41) is 0. The van der Waals surface area contributed by atoms with Gasteiger partial charge in [-0.05, 0) is 19.1 Å². The number of halogens is 3. The Morgan fingerprint density at radius 3 is 2.30 bits per heavy atom. The van der Waals surface area contributed by atoms with Crippen LogP contribution in [0.5, 0.6) is 5.75 Å². The molecule has 164 valence electrons. The van der Waals surface area contributed by atoms with Crippen LogP contribution >= 0.6 is 0 Å². The van der Waals surface area contributed by atoms with Crippen molar-refractivity contribution >= 4 is 21.8 Å². The molecular formula is C18H22F3N5O3S. The highest BCUT2D eigenvalue weighted by Gasteiger charge is 2.36. The van der Waals surface area contributed by atoms with Gasteiger partial charge in [0, 0.05) is 52.0 Å². The summed E-state index contributed by atoms with van der Waals surface area (Å²) in [5.74, 6) is 0.465. The fraction of sp³-hybridized carbons (Fsp3) is 0.444. The van der Waals surface area contributed by atoms with Crippen LogP contribution in [0.25, 0.3) is 0 Å². The monoisotopic (exact) mass is 445 g/mol. The van der Waals surface area contributed by atoms with E-state index in [0.29, 0.717) is 19.0 Å². The van der Waals surface area contributed by atoms with E-state index in [1.54, 1.807) is 0 Å². The third-order valence-electron chi connectivity index (χ3n) is 4.50. The predicted molar refractivity (Wildman–Crippen MR) is 105 cm³/mol. The lowest BCUT2D eigenvalue weighted by Gasteiger charge is -2.34. The Bertz CT molecular complexity index is 1010. The van der Waals surface area contributed by atoms with Crippen molar-refractivity contribution in [1.29, 1.82) is 0 Å². The van der Waals surface area contributed by atoms with Gasteiger partial charge in [-0.15, -0.1) is 13.2 Å². The first-order valence-corrected chi connectivity index (χ1v) is 10.5. The highest BCUT2D eigenvalue weighted by atomic mass is 32.2. The summed E-state index contributed by atoms with van der Waals surface area (Å²) >= 11 is 0. The largest absolute Gasteiger partial charge is 0.573 e. The molecule has 3 rings (SSSR count). The van der Waals surface area contributed by atoms with Crippen LogP contribution in [0, 0.1) is 6.92 Å². The zero-order valence-corrected chi connectivity index (χ0v) is 17.5. The van der Waals surface area contributed by atoms with Gasteiger partial charge in [0.1, 0.15) is 16.5 Å². The number of rotatable bonds is 5. The zero-order valence-electron chi connectivity index (χ0n) is 16.7. The number of ether oxygens (including phenoxy) is 1. The molecule has 8 nitrogen and oxygen atoms in total. The molecule has 12 heteroatoms. The van der Waals surface area contributed by atoms with E-state index in [9.17, 15) is 21.6 Å². The van der Waals surface area contributed by atoms with Crippen LogP contribution in [0.4, 0.5) is 24.9 Å². The van der Waals surface area contributed by atoms with E-state index in [4.69, 9.17) is 0 Å². The van der Waals surface area contributed by atoms with E-state index >= 15 is 0 Å². The van der Waals surface area contributed by atoms with Gasteiger partial charge in [0.2, 0.25) is 16.0 Å². The Labute approximate surface area is 172 Å². The minimum atomic E-state index is -4.99. The first-order chi connectivity index (χ1) is 14.0. The first-order valence-electron chi connectivity index (χ1n) is 9.10. The smallest absolute Gasteiger partial charge is 0.404 e. The predicted octanol–water partition coefficient (Wildman–Crippen LogP) is 2.26. The van der Waals surface area contributed by atoms with Crippen molar-refractivity contribution in [3.8, 4) is 5.75 Å². The summed E-state index contributed by atoms with van der Waals surface area (Å²) < 4.78 is 68.9. The number of aromatic nitrogens is 2. The van der Waals surface area contributed by atoms with Crippen LogP contribution in [-0.4, -0.2) is 69.3 Å². The molecule has 0 bridgehead atoms. The number of aryl methyl sites for hydroxylation is 1. The maximum absolute atomic E-state index is 13.0. The normalized spacial score (nSPS) is 15.9. The zero-order chi connectivity index (χ0) is 22.1. The number of anilines is 2. The molecule has 0 atom stereocenters. The minimum Gasteiger partial charge on any atom is -0.404 e. The minimum absolute atomic E-state index is 0.0806. The molecule has 0 unspecified atom stereocenters. The lowest BCUT2D eigenvalue weighted by atomic mass is 10.3. The van der Waals surface area contributed by atoms with E-state index < -0.39 is 27.0 Å². The maximum Gasteiger partial charge on any atom is 0.573 e. The van der Waals surface area contributed by atoms with Crippen molar-refractivity contribution in [3.63, 3.8) is 0 Å². The molecule has 1 aromatic carbocycles.